The maximum Gasteiger partial charge on any atom is 0.327 e. The average molecular weight is 1600 g/mol. The number of aromatic nitrogens is 6. The van der Waals surface area contributed by atoms with Gasteiger partial charge >= 0.3 is 23.9 Å². The summed E-state index contributed by atoms with van der Waals surface area (Å²) in [5.74, 6) is -10.0. The highest BCUT2D eigenvalue weighted by Gasteiger charge is 2.36. The molecule has 0 spiro atoms. The first-order chi connectivity index (χ1) is 53.4. The number of aromatic amines is 3. The second kappa shape index (κ2) is 38.5. The second-order valence-corrected chi connectivity index (χ2v) is 28.4. The number of nitrogen functional groups attached to an aromatic ring is 1. The number of H-pyrrole nitrogens is 3. The number of nitrogens with one attached hydrogen (secondary N) is 13. The number of nitrogens with two attached hydrogens (primary N) is 2. The predicted octanol–water partition coefficient (Wildman–Crippen LogP) is 4.25. The Morgan fingerprint density at radius 2 is 1.30 bits per heavy atom. The number of halogens is 1. The van der Waals surface area contributed by atoms with E-state index in [1.54, 1.807) is 71.6 Å². The number of phenols is 1. The first kappa shape index (κ1) is 83.2. The summed E-state index contributed by atoms with van der Waals surface area (Å²) in [6.45, 7) is 1.98. The van der Waals surface area contributed by atoms with Crippen LogP contribution in [0.4, 0.5) is 28.7 Å². The number of ketones is 1. The fraction of sp³-hybridized carbons (Fsp3) is 0.292. The lowest BCUT2D eigenvalue weighted by Crippen LogP contribution is -2.55. The highest BCUT2D eigenvalue weighted by Crippen LogP contribution is 2.46. The number of likely N-dealkylation sites (N-methyl/N-ethyl adjacent to an activating group) is 1. The number of Topliss-reactive ketones (excluding diaryl/α,β-unsaturated/α-hetero) is 1. The Balaban J connectivity index is 0.000000304. The molecule has 5 heterocycles. The zero-order chi connectivity index (χ0) is 81.0. The van der Waals surface area contributed by atoms with Gasteiger partial charge in [0, 0.05) is 105 Å². The zero-order valence-electron chi connectivity index (χ0n) is 59.7. The molecule has 0 aliphatic carbocycles. The van der Waals surface area contributed by atoms with Crippen LogP contribution in [0.5, 0.6) is 5.75 Å². The highest BCUT2D eigenvalue weighted by molar-refractivity contribution is 8.76. The first-order valence-electron chi connectivity index (χ1n) is 34.4. The quantitative estimate of drug-likeness (QED) is 0.00857. The molecule has 0 saturated carbocycles. The lowest BCUT2D eigenvalue weighted by atomic mass is 9.95. The van der Waals surface area contributed by atoms with Crippen molar-refractivity contribution in [1.29, 1.82) is 5.41 Å². The van der Waals surface area contributed by atoms with Crippen LogP contribution in [0.15, 0.2) is 114 Å². The number of carboxylic acid groups (broad SMARTS) is 4. The molecule has 10 rings (SSSR count). The Hall–Kier alpha value is -12.9. The molecule has 1 aliphatic heterocycles. The van der Waals surface area contributed by atoms with Gasteiger partial charge in [-0.2, -0.15) is 4.98 Å². The maximum absolute atomic E-state index is 14.0. The molecular weight excluding hydrogens is 1520 g/mol. The number of anilines is 5. The summed E-state index contributed by atoms with van der Waals surface area (Å²) in [5, 5.41) is 81.8. The van der Waals surface area contributed by atoms with Crippen molar-refractivity contribution in [2.45, 2.75) is 94.5 Å². The monoisotopic (exact) mass is 1600 g/mol. The van der Waals surface area contributed by atoms with Crippen molar-refractivity contribution in [3.8, 4) is 5.75 Å². The van der Waals surface area contributed by atoms with Crippen molar-refractivity contribution in [1.82, 2.24) is 61.8 Å². The standard InChI is InChI=1S/C48H52ClN11O10S2.C24H26N8O8/c1-52-33(7-4-13-53-48(50)51)43(65)58-35(19-41(63)64)45(67)59-37(47(69)70)23-72-71-14-12-40(62)54-27-8-10-31-24(15-27)17-34(56-31)44(66)55-28-9-11-32-25(16-28)18-36(57-32)46(68)60-22-26(21-49)42-30-6-3-2-5-29(30)39(61)20-38(42)60;1-11(33)16(8-18(35)36)29-17(34)7-6-15(23(39)40)30-21(37)12-2-4-13(5-3-12)26-9-14-10-27-20-19(28-14)22(38)32-24(25)31-20/h2-3,5-6,8-11,15-18,20,26,33,35,37,52,56-57,61H,4,7,12-14,19,21-23H2,1H3,(H,54,62)(H,55,66)(H,58,65)(H,59,67)(H,63,64)(H,69,70)(H4,50,51,53);2-5,10,15-16,26H,6-9H2,1H3,(H,29,34)(H,30,37)(H,35,36)(H,39,40)(H3,25,27,31,32,38)/t26?,33-,35-,37-;15-,16-/m00/s1. The van der Waals surface area contributed by atoms with E-state index in [0.29, 0.717) is 86.7 Å². The molecule has 0 bridgehead atoms. The van der Waals surface area contributed by atoms with Crippen LogP contribution in [0.3, 0.4) is 0 Å². The molecule has 588 valence electrons. The molecule has 112 heavy (non-hydrogen) atoms. The van der Waals surface area contributed by atoms with Gasteiger partial charge in [-0.15, -0.1) is 11.6 Å². The zero-order valence-corrected chi connectivity index (χ0v) is 62.1. The fourth-order valence-electron chi connectivity index (χ4n) is 11.8. The molecule has 37 nitrogen and oxygen atoms in total. The van der Waals surface area contributed by atoms with E-state index in [0.717, 1.165) is 28.7 Å². The number of aromatic hydroxyl groups is 1. The molecule has 0 fully saturated rings. The second-order valence-electron chi connectivity index (χ2n) is 25.5. The number of carbonyl (C=O) groups is 12. The molecule has 4 aromatic heterocycles. The van der Waals surface area contributed by atoms with Crippen LogP contribution < -0.4 is 69.8 Å². The summed E-state index contributed by atoms with van der Waals surface area (Å²) in [6, 6.07) is 22.4. The minimum atomic E-state index is -1.56. The molecule has 0 radical (unpaired) electrons. The topological polar surface area (TPSA) is 596 Å². The third-order valence-corrected chi connectivity index (χ3v) is 20.2. The van der Waals surface area contributed by atoms with Gasteiger partial charge in [0.15, 0.2) is 22.9 Å². The minimum Gasteiger partial charge on any atom is -0.507 e. The number of carbonyl (C=O) groups excluding carboxylic acids is 8. The van der Waals surface area contributed by atoms with Crippen LogP contribution in [0.25, 0.3) is 43.7 Å². The molecule has 9 aromatic rings. The first-order valence-corrected chi connectivity index (χ1v) is 37.4. The van der Waals surface area contributed by atoms with Crippen molar-refractivity contribution in [2.24, 2.45) is 5.73 Å². The normalized spacial score (nSPS) is 13.6. The number of rotatable bonds is 36. The SMILES string of the molecule is CC(=O)[C@H](CC(=O)O)NC(=O)CC[C@H](NC(=O)c1ccc(NCc2cnc3nc(N)[nH]c(=O)c3n2)cc1)C(=O)O.CN[C@@H](CCCNC(=N)N)C(=O)N[C@@H](CC(=O)O)C(=O)N[C@@H](CSSCCC(=O)Nc1ccc2[nH]c(C(=O)Nc3ccc4[nH]c(C(=O)N5CC(CCl)c6c5cc(O)c5ccccc65)cc4c3)cc2c1)C(=O)O. The number of nitrogens with zero attached hydrogens (tertiary/aromatic N) is 4. The van der Waals surface area contributed by atoms with Gasteiger partial charge in [-0.05, 0) is 117 Å². The number of hydrogen-bond donors (Lipinski definition) is 20. The molecule has 5 aromatic carbocycles. The number of guanidine groups is 1. The highest BCUT2D eigenvalue weighted by atomic mass is 35.5. The van der Waals surface area contributed by atoms with E-state index in [2.05, 4.69) is 77.8 Å². The lowest BCUT2D eigenvalue weighted by molar-refractivity contribution is -0.143. The lowest BCUT2D eigenvalue weighted by Gasteiger charge is -2.23. The summed E-state index contributed by atoms with van der Waals surface area (Å²) in [5.41, 5.74) is 16.0. The molecule has 0 saturated heterocycles. The van der Waals surface area contributed by atoms with Crippen molar-refractivity contribution < 1.29 is 83.1 Å². The van der Waals surface area contributed by atoms with Crippen LogP contribution >= 0.6 is 33.2 Å². The number of amides is 7. The average Bonchev–Trinajstić information content (AvgIpc) is 1.59. The van der Waals surface area contributed by atoms with Crippen molar-refractivity contribution in [3.63, 3.8) is 0 Å². The predicted molar refractivity (Wildman–Crippen MR) is 418 cm³/mol. The Morgan fingerprint density at radius 3 is 1.95 bits per heavy atom. The summed E-state index contributed by atoms with van der Waals surface area (Å²) in [4.78, 5) is 183. The number of hydrogen-bond acceptors (Lipinski definition) is 23. The van der Waals surface area contributed by atoms with Gasteiger partial charge in [0.2, 0.25) is 29.6 Å². The fourth-order valence-corrected chi connectivity index (χ4v) is 14.2. The Labute approximate surface area is 647 Å². The molecule has 6 atom stereocenters. The number of alkyl halides is 1. The van der Waals surface area contributed by atoms with Gasteiger partial charge in [-0.3, -0.25) is 63.1 Å². The van der Waals surface area contributed by atoms with Crippen molar-refractivity contribution in [3.05, 3.63) is 148 Å². The molecule has 22 N–H and O–H groups in total. The molecular formula is C72H78ClN19O18S2. The van der Waals surface area contributed by atoms with E-state index in [-0.39, 0.29) is 102 Å². The van der Waals surface area contributed by atoms with Crippen LogP contribution in [0, 0.1) is 5.41 Å². The van der Waals surface area contributed by atoms with E-state index in [1.165, 1.54) is 36.2 Å². The number of aliphatic carboxylic acids is 4. The van der Waals surface area contributed by atoms with Gasteiger partial charge in [-0.1, -0.05) is 45.9 Å². The van der Waals surface area contributed by atoms with E-state index < -0.39 is 108 Å². The third-order valence-electron chi connectivity index (χ3n) is 17.4. The molecule has 1 unspecified atom stereocenters. The van der Waals surface area contributed by atoms with Gasteiger partial charge in [0.25, 0.3) is 23.3 Å². The van der Waals surface area contributed by atoms with E-state index in [9.17, 15) is 82.8 Å². The summed E-state index contributed by atoms with van der Waals surface area (Å²) in [6.07, 6.45) is 0.116. The maximum atomic E-state index is 14.0. The van der Waals surface area contributed by atoms with Crippen LogP contribution in [-0.4, -0.2) is 200 Å². The van der Waals surface area contributed by atoms with Crippen LogP contribution in [0.2, 0.25) is 0 Å². The number of carboxylic acids is 4. The van der Waals surface area contributed by atoms with Crippen molar-refractivity contribution >= 4 is 183 Å². The van der Waals surface area contributed by atoms with E-state index in [1.807, 2.05) is 24.3 Å². The van der Waals surface area contributed by atoms with Gasteiger partial charge < -0.3 is 99.7 Å². The van der Waals surface area contributed by atoms with Gasteiger partial charge in [-0.25, -0.2) is 19.6 Å². The van der Waals surface area contributed by atoms with E-state index in [4.69, 9.17) is 33.6 Å². The van der Waals surface area contributed by atoms with Crippen LogP contribution in [-0.2, 0) is 49.7 Å². The Kier molecular flexibility index (Phi) is 28.6. The summed E-state index contributed by atoms with van der Waals surface area (Å²) < 4.78 is 0. The van der Waals surface area contributed by atoms with Crippen molar-refractivity contribution in [2.75, 3.05) is 64.1 Å². The third kappa shape index (κ3) is 22.4. The minimum absolute atomic E-state index is 0.0323. The van der Waals surface area contributed by atoms with Gasteiger partial charge in [0.1, 0.15) is 35.3 Å². The number of phenolic OH excluding ortho intramolecular Hbond substituents is 1. The number of fused-ring (bicyclic) bond motifs is 6. The van der Waals surface area contributed by atoms with Gasteiger partial charge in [0.05, 0.1) is 49.0 Å². The van der Waals surface area contributed by atoms with E-state index >= 15 is 0 Å². The molecule has 40 heteroatoms. The molecule has 1 aliphatic rings. The summed E-state index contributed by atoms with van der Waals surface area (Å²) >= 11 is 6.39. The summed E-state index contributed by atoms with van der Waals surface area (Å²) in [7, 11) is 3.79. The molecule has 7 amide bonds. The smallest absolute Gasteiger partial charge is 0.327 e. The Bertz CT molecular complexity index is 5180. The van der Waals surface area contributed by atoms with Crippen LogP contribution in [0.1, 0.15) is 100 Å². The Morgan fingerprint density at radius 1 is 0.679 bits per heavy atom. The largest absolute Gasteiger partial charge is 0.507 e. The number of benzene rings is 5.